The molecule has 2 saturated heterocycles. The van der Waals surface area contributed by atoms with Crippen LogP contribution in [0, 0.1) is 0 Å². The molecule has 2 aliphatic heterocycles. The molecule has 0 saturated carbocycles. The number of piperidine rings is 2. The number of nitrogens with zero attached hydrogens (tertiary/aromatic N) is 2. The number of carbonyl (C=O) groups excluding carboxylic acids is 2. The predicted molar refractivity (Wildman–Crippen MR) is 91.7 cm³/mol. The fourth-order valence-electron chi connectivity index (χ4n) is 3.46. The van der Waals surface area contributed by atoms with Gasteiger partial charge in [0.15, 0.2) is 0 Å². The second-order valence-corrected chi connectivity index (χ2v) is 7.24. The van der Waals surface area contributed by atoms with Crippen LogP contribution in [0.3, 0.4) is 0 Å². The Kier molecular flexibility index (Phi) is 7.99. The maximum atomic E-state index is 11.9. The van der Waals surface area contributed by atoms with Crippen LogP contribution in [-0.2, 0) is 19.1 Å². The van der Waals surface area contributed by atoms with E-state index in [-0.39, 0.29) is 24.1 Å². The number of rotatable bonds is 7. The van der Waals surface area contributed by atoms with Crippen LogP contribution in [0.5, 0.6) is 0 Å². The predicted octanol–water partition coefficient (Wildman–Crippen LogP) is 1.82. The van der Waals surface area contributed by atoms with E-state index in [0.29, 0.717) is 25.7 Å². The van der Waals surface area contributed by atoms with Crippen LogP contribution in [0.1, 0.15) is 51.4 Å². The molecule has 0 spiro atoms. The first-order valence-electron chi connectivity index (χ1n) is 9.29. The van der Waals surface area contributed by atoms with Crippen molar-refractivity contribution in [2.45, 2.75) is 63.6 Å². The smallest absolute Gasteiger partial charge is 0.306 e. The fourth-order valence-corrected chi connectivity index (χ4v) is 3.46. The maximum Gasteiger partial charge on any atom is 0.306 e. The highest BCUT2D eigenvalue weighted by molar-refractivity contribution is 5.70. The molecule has 2 aliphatic rings. The van der Waals surface area contributed by atoms with Gasteiger partial charge in [-0.1, -0.05) is 0 Å². The van der Waals surface area contributed by atoms with E-state index in [1.54, 1.807) is 0 Å². The Morgan fingerprint density at radius 1 is 0.833 bits per heavy atom. The second kappa shape index (κ2) is 9.99. The van der Waals surface area contributed by atoms with Gasteiger partial charge in [0.2, 0.25) is 0 Å². The molecule has 138 valence electrons. The summed E-state index contributed by atoms with van der Waals surface area (Å²) in [6.45, 7) is 3.81. The number of carbonyl (C=O) groups is 2. The second-order valence-electron chi connectivity index (χ2n) is 7.24. The lowest BCUT2D eigenvalue weighted by Crippen LogP contribution is -2.38. The number of unbranched alkanes of at least 4 members (excludes halogenated alkanes) is 1. The molecule has 2 fully saturated rings. The van der Waals surface area contributed by atoms with E-state index >= 15 is 0 Å². The van der Waals surface area contributed by atoms with E-state index < -0.39 is 0 Å². The SMILES string of the molecule is CN1CCC[C@@H](OC(=O)CCCCC(=O)O[C@H]2CCCN(C)C2)C1. The van der Waals surface area contributed by atoms with Crippen LogP contribution in [0.25, 0.3) is 0 Å². The minimum Gasteiger partial charge on any atom is -0.461 e. The van der Waals surface area contributed by atoms with E-state index in [4.69, 9.17) is 9.47 Å². The van der Waals surface area contributed by atoms with Crippen LogP contribution in [0.15, 0.2) is 0 Å². The van der Waals surface area contributed by atoms with Crippen molar-refractivity contribution >= 4 is 11.9 Å². The molecule has 0 unspecified atom stereocenters. The molecule has 2 heterocycles. The minimum atomic E-state index is -0.141. The number of hydrogen-bond acceptors (Lipinski definition) is 6. The van der Waals surface area contributed by atoms with E-state index in [0.717, 1.165) is 51.9 Å². The van der Waals surface area contributed by atoms with Crippen LogP contribution < -0.4 is 0 Å². The molecular weight excluding hydrogens is 308 g/mol. The molecule has 0 N–H and O–H groups in total. The largest absolute Gasteiger partial charge is 0.461 e. The van der Waals surface area contributed by atoms with Gasteiger partial charge in [-0.3, -0.25) is 9.59 Å². The average molecular weight is 340 g/mol. The van der Waals surface area contributed by atoms with Crippen LogP contribution in [0.2, 0.25) is 0 Å². The Hall–Kier alpha value is -1.14. The summed E-state index contributed by atoms with van der Waals surface area (Å²) >= 11 is 0. The van der Waals surface area contributed by atoms with E-state index in [2.05, 4.69) is 23.9 Å². The summed E-state index contributed by atoms with van der Waals surface area (Å²) in [6.07, 6.45) is 6.28. The van der Waals surface area contributed by atoms with Crippen molar-refractivity contribution in [3.63, 3.8) is 0 Å². The summed E-state index contributed by atoms with van der Waals surface area (Å²) < 4.78 is 11.0. The molecule has 2 atom stereocenters. The number of likely N-dealkylation sites (tertiary alicyclic amines) is 2. The zero-order valence-corrected chi connectivity index (χ0v) is 15.2. The van der Waals surface area contributed by atoms with E-state index in [9.17, 15) is 9.59 Å². The molecule has 24 heavy (non-hydrogen) atoms. The zero-order chi connectivity index (χ0) is 17.4. The van der Waals surface area contributed by atoms with Crippen molar-refractivity contribution in [2.75, 3.05) is 40.3 Å². The van der Waals surface area contributed by atoms with Gasteiger partial charge in [-0.2, -0.15) is 0 Å². The summed E-state index contributed by atoms with van der Waals surface area (Å²) in [6, 6.07) is 0. The molecule has 0 radical (unpaired) electrons. The highest BCUT2D eigenvalue weighted by Gasteiger charge is 2.22. The van der Waals surface area contributed by atoms with E-state index in [1.807, 2.05) is 0 Å². The number of hydrogen-bond donors (Lipinski definition) is 0. The summed E-state index contributed by atoms with van der Waals surface area (Å²) in [5.41, 5.74) is 0. The van der Waals surface area contributed by atoms with Crippen molar-refractivity contribution in [3.8, 4) is 0 Å². The first-order chi connectivity index (χ1) is 11.5. The molecule has 0 aromatic heterocycles. The lowest BCUT2D eigenvalue weighted by atomic mass is 10.1. The molecule has 0 aliphatic carbocycles. The Bertz CT molecular complexity index is 378. The van der Waals surface area contributed by atoms with Gasteiger partial charge in [-0.05, 0) is 65.7 Å². The Morgan fingerprint density at radius 3 is 1.62 bits per heavy atom. The quantitative estimate of drug-likeness (QED) is 0.520. The van der Waals surface area contributed by atoms with E-state index in [1.165, 1.54) is 0 Å². The third-order valence-corrected chi connectivity index (χ3v) is 4.77. The summed E-state index contributed by atoms with van der Waals surface area (Å²) in [5, 5.41) is 0. The maximum absolute atomic E-state index is 11.9. The molecule has 0 bridgehead atoms. The minimum absolute atomic E-state index is 0.0320. The molecule has 2 rings (SSSR count). The van der Waals surface area contributed by atoms with Gasteiger partial charge < -0.3 is 19.3 Å². The molecular formula is C18H32N2O4. The molecule has 0 aromatic carbocycles. The monoisotopic (exact) mass is 340 g/mol. The Labute approximate surface area is 145 Å². The average Bonchev–Trinajstić information content (AvgIpc) is 2.51. The van der Waals surface area contributed by atoms with Gasteiger partial charge in [0.1, 0.15) is 12.2 Å². The van der Waals surface area contributed by atoms with Crippen LogP contribution >= 0.6 is 0 Å². The number of ether oxygens (including phenoxy) is 2. The van der Waals surface area contributed by atoms with Crippen molar-refractivity contribution in [1.29, 1.82) is 0 Å². The first kappa shape index (κ1) is 19.2. The molecule has 6 heteroatoms. The topological polar surface area (TPSA) is 59.1 Å². The summed E-state index contributed by atoms with van der Waals surface area (Å²) in [5.74, 6) is -0.282. The van der Waals surface area contributed by atoms with Crippen LogP contribution in [0.4, 0.5) is 0 Å². The summed E-state index contributed by atoms with van der Waals surface area (Å²) in [7, 11) is 4.10. The van der Waals surface area contributed by atoms with Crippen molar-refractivity contribution < 1.29 is 19.1 Å². The lowest BCUT2D eigenvalue weighted by Gasteiger charge is -2.29. The first-order valence-corrected chi connectivity index (χ1v) is 9.29. The van der Waals surface area contributed by atoms with Gasteiger partial charge in [0.25, 0.3) is 0 Å². The standard InChI is InChI=1S/C18H32N2O4/c1-19-11-5-7-15(13-19)23-17(21)9-3-4-10-18(22)24-16-8-6-12-20(2)14-16/h15-16H,3-14H2,1-2H3/t15-,16+. The summed E-state index contributed by atoms with van der Waals surface area (Å²) in [4.78, 5) is 28.1. The number of likely N-dealkylation sites (N-methyl/N-ethyl adjacent to an activating group) is 2. The van der Waals surface area contributed by atoms with Gasteiger partial charge in [0.05, 0.1) is 0 Å². The number of esters is 2. The van der Waals surface area contributed by atoms with Gasteiger partial charge in [-0.15, -0.1) is 0 Å². The molecule has 0 amide bonds. The third kappa shape index (κ3) is 7.18. The van der Waals surface area contributed by atoms with Crippen molar-refractivity contribution in [2.24, 2.45) is 0 Å². The van der Waals surface area contributed by atoms with Crippen molar-refractivity contribution in [3.05, 3.63) is 0 Å². The molecule has 6 nitrogen and oxygen atoms in total. The van der Waals surface area contributed by atoms with Crippen LogP contribution in [-0.4, -0.2) is 74.2 Å². The fraction of sp³-hybridized carbons (Fsp3) is 0.889. The highest BCUT2D eigenvalue weighted by Crippen LogP contribution is 2.15. The normalized spacial score (nSPS) is 26.1. The van der Waals surface area contributed by atoms with Gasteiger partial charge in [-0.25, -0.2) is 0 Å². The van der Waals surface area contributed by atoms with Crippen molar-refractivity contribution in [1.82, 2.24) is 9.80 Å². The Balaban J connectivity index is 1.52. The zero-order valence-electron chi connectivity index (χ0n) is 15.2. The van der Waals surface area contributed by atoms with Gasteiger partial charge >= 0.3 is 11.9 Å². The lowest BCUT2D eigenvalue weighted by molar-refractivity contribution is -0.153. The van der Waals surface area contributed by atoms with Gasteiger partial charge in [0, 0.05) is 25.9 Å². The molecule has 0 aromatic rings. The third-order valence-electron chi connectivity index (χ3n) is 4.77. The highest BCUT2D eigenvalue weighted by atomic mass is 16.5. The Morgan fingerprint density at radius 2 is 1.25 bits per heavy atom.